The molecule has 0 spiro atoms. The first kappa shape index (κ1) is 12.8. The minimum Gasteiger partial charge on any atom is -0.398 e. The first-order valence-electron chi connectivity index (χ1n) is 5.06. The zero-order valence-electron chi connectivity index (χ0n) is 9.16. The topological polar surface area (TPSA) is 48.0 Å². The molecule has 18 heavy (non-hydrogen) atoms. The summed E-state index contributed by atoms with van der Waals surface area (Å²) in [5.41, 5.74) is 6.03. The number of nitrogens with two attached hydrogens (primary N) is 1. The lowest BCUT2D eigenvalue weighted by Crippen LogP contribution is -2.21. The van der Waals surface area contributed by atoms with Gasteiger partial charge in [-0.15, -0.1) is 0 Å². The standard InChI is InChI=1S/C12H9BrF2N2O/c13-11-4-10(16)6-17(12(11)18)5-7-1-8(14)3-9(15)2-7/h1-4,6H,5,16H2. The predicted molar refractivity (Wildman–Crippen MR) is 68.3 cm³/mol. The summed E-state index contributed by atoms with van der Waals surface area (Å²) in [5, 5.41) is 0. The molecule has 0 aliphatic rings. The molecular weight excluding hydrogens is 306 g/mol. The third kappa shape index (κ3) is 2.76. The fourth-order valence-corrected chi connectivity index (χ4v) is 2.13. The molecule has 0 amide bonds. The lowest BCUT2D eigenvalue weighted by molar-refractivity contribution is 0.577. The molecule has 0 unspecified atom stereocenters. The van der Waals surface area contributed by atoms with Gasteiger partial charge in [0.1, 0.15) is 11.6 Å². The van der Waals surface area contributed by atoms with Crippen LogP contribution in [0.1, 0.15) is 5.56 Å². The largest absolute Gasteiger partial charge is 0.398 e. The van der Waals surface area contributed by atoms with Crippen molar-refractivity contribution in [1.82, 2.24) is 4.57 Å². The van der Waals surface area contributed by atoms with Gasteiger partial charge in [-0.3, -0.25) is 4.79 Å². The molecule has 1 aromatic heterocycles. The van der Waals surface area contributed by atoms with Gasteiger partial charge in [0.25, 0.3) is 5.56 Å². The first-order chi connectivity index (χ1) is 8.45. The van der Waals surface area contributed by atoms with E-state index in [1.165, 1.54) is 29.0 Å². The van der Waals surface area contributed by atoms with Gasteiger partial charge >= 0.3 is 0 Å². The average Bonchev–Trinajstić information content (AvgIpc) is 2.23. The Balaban J connectivity index is 2.43. The monoisotopic (exact) mass is 314 g/mol. The number of aromatic nitrogens is 1. The second kappa shape index (κ2) is 4.89. The summed E-state index contributed by atoms with van der Waals surface area (Å²) in [6, 6.07) is 4.60. The summed E-state index contributed by atoms with van der Waals surface area (Å²) in [5.74, 6) is -1.36. The third-order valence-corrected chi connectivity index (χ3v) is 2.91. The highest BCUT2D eigenvalue weighted by atomic mass is 79.9. The molecular formula is C12H9BrF2N2O. The van der Waals surface area contributed by atoms with E-state index in [4.69, 9.17) is 5.73 Å². The molecule has 0 aliphatic carbocycles. The molecule has 0 fully saturated rings. The van der Waals surface area contributed by atoms with Crippen molar-refractivity contribution in [3.8, 4) is 0 Å². The maximum Gasteiger partial charge on any atom is 0.265 e. The Hall–Kier alpha value is -1.69. The molecule has 2 rings (SSSR count). The minimum absolute atomic E-state index is 0.0527. The van der Waals surface area contributed by atoms with Crippen molar-refractivity contribution >= 4 is 21.6 Å². The Morgan fingerprint density at radius 2 is 1.78 bits per heavy atom. The number of nitrogens with zero attached hydrogens (tertiary/aromatic N) is 1. The molecule has 3 nitrogen and oxygen atoms in total. The van der Waals surface area contributed by atoms with E-state index >= 15 is 0 Å². The number of rotatable bonds is 2. The number of anilines is 1. The van der Waals surface area contributed by atoms with Crippen LogP contribution in [0.2, 0.25) is 0 Å². The number of benzene rings is 1. The summed E-state index contributed by atoms with van der Waals surface area (Å²) in [6.07, 6.45) is 1.43. The maximum absolute atomic E-state index is 13.0. The Morgan fingerprint density at radius 3 is 2.39 bits per heavy atom. The zero-order valence-corrected chi connectivity index (χ0v) is 10.7. The smallest absolute Gasteiger partial charge is 0.265 e. The second-order valence-electron chi connectivity index (χ2n) is 3.83. The number of hydrogen-bond donors (Lipinski definition) is 1. The van der Waals surface area contributed by atoms with Crippen LogP contribution in [-0.4, -0.2) is 4.57 Å². The Morgan fingerprint density at radius 1 is 1.17 bits per heavy atom. The molecule has 0 aliphatic heterocycles. The van der Waals surface area contributed by atoms with Gasteiger partial charge in [-0.25, -0.2) is 8.78 Å². The van der Waals surface area contributed by atoms with Crippen LogP contribution >= 0.6 is 15.9 Å². The lowest BCUT2D eigenvalue weighted by atomic mass is 10.2. The zero-order chi connectivity index (χ0) is 13.3. The predicted octanol–water partition coefficient (Wildman–Crippen LogP) is 2.52. The molecule has 0 atom stereocenters. The molecule has 6 heteroatoms. The summed E-state index contributed by atoms with van der Waals surface area (Å²) in [4.78, 5) is 11.8. The van der Waals surface area contributed by atoms with Crippen LogP contribution in [0, 0.1) is 11.6 Å². The number of pyridine rings is 1. The average molecular weight is 315 g/mol. The van der Waals surface area contributed by atoms with Crippen molar-refractivity contribution in [3.05, 3.63) is 62.5 Å². The van der Waals surface area contributed by atoms with Crippen LogP contribution in [0.3, 0.4) is 0 Å². The van der Waals surface area contributed by atoms with Crippen LogP contribution < -0.4 is 11.3 Å². The molecule has 2 N–H and O–H groups in total. The van der Waals surface area contributed by atoms with E-state index < -0.39 is 11.6 Å². The van der Waals surface area contributed by atoms with Gasteiger partial charge < -0.3 is 10.3 Å². The number of hydrogen-bond acceptors (Lipinski definition) is 2. The minimum atomic E-state index is -0.680. The fraction of sp³-hybridized carbons (Fsp3) is 0.0833. The molecule has 0 saturated heterocycles. The molecule has 1 aromatic carbocycles. The van der Waals surface area contributed by atoms with E-state index in [0.29, 0.717) is 15.7 Å². The Labute approximate surface area is 110 Å². The maximum atomic E-state index is 13.0. The number of nitrogen functional groups attached to an aromatic ring is 1. The van der Waals surface area contributed by atoms with Crippen molar-refractivity contribution in [2.45, 2.75) is 6.54 Å². The van der Waals surface area contributed by atoms with Gasteiger partial charge in [0.05, 0.1) is 11.0 Å². The van der Waals surface area contributed by atoms with E-state index in [1.807, 2.05) is 0 Å². The van der Waals surface area contributed by atoms with Crippen molar-refractivity contribution in [2.75, 3.05) is 5.73 Å². The fourth-order valence-electron chi connectivity index (χ4n) is 1.64. The van der Waals surface area contributed by atoms with Crippen LogP contribution in [0.15, 0.2) is 39.7 Å². The summed E-state index contributed by atoms with van der Waals surface area (Å²) >= 11 is 3.08. The summed E-state index contributed by atoms with van der Waals surface area (Å²) in [7, 11) is 0. The highest BCUT2D eigenvalue weighted by Crippen LogP contribution is 2.12. The molecule has 0 bridgehead atoms. The van der Waals surface area contributed by atoms with E-state index in [-0.39, 0.29) is 12.1 Å². The van der Waals surface area contributed by atoms with Crippen LogP contribution in [0.4, 0.5) is 14.5 Å². The van der Waals surface area contributed by atoms with Gasteiger partial charge in [-0.1, -0.05) is 0 Å². The molecule has 94 valence electrons. The molecule has 2 aromatic rings. The van der Waals surface area contributed by atoms with Gasteiger partial charge in [0, 0.05) is 18.0 Å². The van der Waals surface area contributed by atoms with E-state index in [2.05, 4.69) is 15.9 Å². The summed E-state index contributed by atoms with van der Waals surface area (Å²) < 4.78 is 27.6. The van der Waals surface area contributed by atoms with Gasteiger partial charge in [0.2, 0.25) is 0 Å². The lowest BCUT2D eigenvalue weighted by Gasteiger charge is -2.08. The van der Waals surface area contributed by atoms with Crippen LogP contribution in [0.25, 0.3) is 0 Å². The third-order valence-electron chi connectivity index (χ3n) is 2.34. The normalized spacial score (nSPS) is 10.6. The summed E-state index contributed by atoms with van der Waals surface area (Å²) in [6.45, 7) is 0.0527. The van der Waals surface area contributed by atoms with Gasteiger partial charge in [-0.2, -0.15) is 0 Å². The quantitative estimate of drug-likeness (QED) is 0.926. The molecule has 0 radical (unpaired) electrons. The van der Waals surface area contributed by atoms with Gasteiger partial charge in [-0.05, 0) is 39.7 Å². The molecule has 0 saturated carbocycles. The van der Waals surface area contributed by atoms with Crippen LogP contribution in [-0.2, 0) is 6.54 Å². The Kier molecular flexibility index (Phi) is 3.47. The van der Waals surface area contributed by atoms with E-state index in [9.17, 15) is 13.6 Å². The highest BCUT2D eigenvalue weighted by Gasteiger charge is 2.06. The molecule has 1 heterocycles. The Bertz CT molecular complexity index is 635. The van der Waals surface area contributed by atoms with Crippen molar-refractivity contribution < 1.29 is 8.78 Å². The number of halogens is 3. The highest BCUT2D eigenvalue weighted by molar-refractivity contribution is 9.10. The second-order valence-corrected chi connectivity index (χ2v) is 4.69. The van der Waals surface area contributed by atoms with Crippen LogP contribution in [0.5, 0.6) is 0 Å². The van der Waals surface area contributed by atoms with E-state index in [1.54, 1.807) is 0 Å². The van der Waals surface area contributed by atoms with E-state index in [0.717, 1.165) is 6.07 Å². The van der Waals surface area contributed by atoms with Gasteiger partial charge in [0.15, 0.2) is 0 Å². The van der Waals surface area contributed by atoms with Crippen molar-refractivity contribution in [2.24, 2.45) is 0 Å². The van der Waals surface area contributed by atoms with Crippen molar-refractivity contribution in [1.29, 1.82) is 0 Å². The first-order valence-corrected chi connectivity index (χ1v) is 5.85. The SMILES string of the molecule is Nc1cc(Br)c(=O)n(Cc2cc(F)cc(F)c2)c1. The van der Waals surface area contributed by atoms with Crippen molar-refractivity contribution in [3.63, 3.8) is 0 Å².